The molecule has 29 heavy (non-hydrogen) atoms. The number of nitrogens with zero attached hydrogens (tertiary/aromatic N) is 2. The van der Waals surface area contributed by atoms with E-state index >= 15 is 0 Å². The zero-order chi connectivity index (χ0) is 21.5. The van der Waals surface area contributed by atoms with Gasteiger partial charge >= 0.3 is 0 Å². The Bertz CT molecular complexity index is 760. The van der Waals surface area contributed by atoms with E-state index in [1.807, 2.05) is 50.1 Å². The van der Waals surface area contributed by atoms with Crippen LogP contribution in [0.4, 0.5) is 0 Å². The maximum Gasteiger partial charge on any atom is 0.264 e. The van der Waals surface area contributed by atoms with E-state index in [1.165, 1.54) is 0 Å². The summed E-state index contributed by atoms with van der Waals surface area (Å²) in [6, 6.07) is 7.74. The Morgan fingerprint density at radius 3 is 2.41 bits per heavy atom. The molecule has 0 radical (unpaired) electrons. The second-order valence-corrected chi connectivity index (χ2v) is 10.5. The van der Waals surface area contributed by atoms with Gasteiger partial charge in [0.25, 0.3) is 10.1 Å². The third-order valence-corrected chi connectivity index (χ3v) is 6.95. The summed E-state index contributed by atoms with van der Waals surface area (Å²) in [6.07, 6.45) is 0.412. The summed E-state index contributed by atoms with van der Waals surface area (Å²) in [5, 5.41) is 0. The Kier molecular flexibility index (Phi) is 9.12. The molecule has 0 amide bonds. The number of morpholine rings is 1. The number of ether oxygens (including phenoxy) is 1. The molecule has 0 saturated carbocycles. The minimum absolute atomic E-state index is 0.120. The minimum Gasteiger partial charge on any atom is -0.379 e. The van der Waals surface area contributed by atoms with E-state index in [0.29, 0.717) is 31.7 Å². The molecule has 0 spiro atoms. The molecule has 1 aromatic carbocycles. The first kappa shape index (κ1) is 24.3. The summed E-state index contributed by atoms with van der Waals surface area (Å²) >= 11 is 1.70. The highest BCUT2D eigenvalue weighted by atomic mass is 32.2. The fraction of sp³-hybridized carbons (Fsp3) is 0.650. The molecule has 0 aliphatic carbocycles. The van der Waals surface area contributed by atoms with E-state index in [1.54, 1.807) is 11.8 Å². The molecule has 0 aromatic heterocycles. The SMILES string of the molecule is CN(CCCS(=O)(=O)O)CCSc1ccc(C(=O)C(C)(C)N2CCOCC2)cc1. The molecule has 1 heterocycles. The first-order valence-corrected chi connectivity index (χ1v) is 12.4. The fourth-order valence-electron chi connectivity index (χ4n) is 3.27. The molecule has 1 aliphatic rings. The van der Waals surface area contributed by atoms with Gasteiger partial charge in [-0.15, -0.1) is 11.8 Å². The summed E-state index contributed by atoms with van der Waals surface area (Å²) in [5.41, 5.74) is 0.164. The van der Waals surface area contributed by atoms with E-state index < -0.39 is 15.7 Å². The van der Waals surface area contributed by atoms with Gasteiger partial charge in [-0.3, -0.25) is 14.2 Å². The van der Waals surface area contributed by atoms with E-state index in [9.17, 15) is 13.2 Å². The van der Waals surface area contributed by atoms with Gasteiger partial charge in [-0.25, -0.2) is 0 Å². The van der Waals surface area contributed by atoms with Crippen LogP contribution in [-0.4, -0.2) is 92.0 Å². The van der Waals surface area contributed by atoms with Crippen molar-refractivity contribution in [1.82, 2.24) is 9.80 Å². The number of carbonyl (C=O) groups excluding carboxylic acids is 1. The molecule has 1 aromatic rings. The van der Waals surface area contributed by atoms with Gasteiger partial charge in [-0.2, -0.15) is 8.42 Å². The fourth-order valence-corrected chi connectivity index (χ4v) is 4.73. The van der Waals surface area contributed by atoms with Crippen LogP contribution < -0.4 is 0 Å². The van der Waals surface area contributed by atoms with Crippen molar-refractivity contribution in [2.45, 2.75) is 30.7 Å². The molecule has 1 saturated heterocycles. The average molecular weight is 445 g/mol. The summed E-state index contributed by atoms with van der Waals surface area (Å²) in [5.74, 6) is 0.768. The van der Waals surface area contributed by atoms with Crippen molar-refractivity contribution in [3.63, 3.8) is 0 Å². The lowest BCUT2D eigenvalue weighted by atomic mass is 9.91. The van der Waals surface area contributed by atoms with Crippen LogP contribution in [0.15, 0.2) is 29.2 Å². The van der Waals surface area contributed by atoms with Crippen LogP contribution >= 0.6 is 11.8 Å². The van der Waals surface area contributed by atoms with Crippen LogP contribution in [0.3, 0.4) is 0 Å². The molecule has 2 rings (SSSR count). The predicted octanol–water partition coefficient (Wildman–Crippen LogP) is 2.28. The van der Waals surface area contributed by atoms with Gasteiger partial charge in [0.1, 0.15) is 0 Å². The van der Waals surface area contributed by atoms with Crippen LogP contribution in [0.5, 0.6) is 0 Å². The molecule has 0 unspecified atom stereocenters. The summed E-state index contributed by atoms with van der Waals surface area (Å²) in [6.45, 7) is 8.23. The van der Waals surface area contributed by atoms with Gasteiger partial charge < -0.3 is 9.64 Å². The van der Waals surface area contributed by atoms with Crippen molar-refractivity contribution in [1.29, 1.82) is 0 Å². The van der Waals surface area contributed by atoms with E-state index in [-0.39, 0.29) is 11.5 Å². The molecule has 0 atom stereocenters. The zero-order valence-electron chi connectivity index (χ0n) is 17.5. The largest absolute Gasteiger partial charge is 0.379 e. The lowest BCUT2D eigenvalue weighted by Gasteiger charge is -2.39. The summed E-state index contributed by atoms with van der Waals surface area (Å²) < 4.78 is 35.6. The molecule has 1 N–H and O–H groups in total. The van der Waals surface area contributed by atoms with Crippen LogP contribution in [-0.2, 0) is 14.9 Å². The number of Topliss-reactive ketones (excluding diaryl/α,β-unsaturated/α-hetero) is 1. The number of rotatable bonds is 11. The lowest BCUT2D eigenvalue weighted by Crippen LogP contribution is -2.54. The number of thioether (sulfide) groups is 1. The Hall–Kier alpha value is -0.970. The number of hydrogen-bond donors (Lipinski definition) is 1. The highest BCUT2D eigenvalue weighted by Crippen LogP contribution is 2.24. The van der Waals surface area contributed by atoms with Crippen molar-refractivity contribution in [2.24, 2.45) is 0 Å². The van der Waals surface area contributed by atoms with Gasteiger partial charge in [0.15, 0.2) is 5.78 Å². The molecule has 0 bridgehead atoms. The summed E-state index contributed by atoms with van der Waals surface area (Å²) in [7, 11) is -1.95. The number of ketones is 1. The minimum atomic E-state index is -3.88. The van der Waals surface area contributed by atoms with Gasteiger partial charge in [-0.1, -0.05) is 12.1 Å². The van der Waals surface area contributed by atoms with Crippen molar-refractivity contribution in [2.75, 3.05) is 57.9 Å². The molecular weight excluding hydrogens is 412 g/mol. The highest BCUT2D eigenvalue weighted by molar-refractivity contribution is 7.99. The van der Waals surface area contributed by atoms with E-state index in [0.717, 1.165) is 30.3 Å². The Morgan fingerprint density at radius 1 is 1.21 bits per heavy atom. The summed E-state index contributed by atoms with van der Waals surface area (Å²) in [4.78, 5) is 18.3. The van der Waals surface area contributed by atoms with Gasteiger partial charge in [0.2, 0.25) is 0 Å². The molecule has 1 aliphatic heterocycles. The molecular formula is C20H32N2O5S2. The highest BCUT2D eigenvalue weighted by Gasteiger charge is 2.35. The maximum atomic E-state index is 13.0. The van der Waals surface area contributed by atoms with Gasteiger partial charge in [0.05, 0.1) is 24.5 Å². The zero-order valence-corrected chi connectivity index (χ0v) is 19.1. The van der Waals surface area contributed by atoms with Crippen LogP contribution in [0.1, 0.15) is 30.6 Å². The smallest absolute Gasteiger partial charge is 0.264 e. The first-order valence-electron chi connectivity index (χ1n) is 9.84. The second kappa shape index (κ2) is 10.9. The molecule has 1 fully saturated rings. The number of benzene rings is 1. The average Bonchev–Trinajstić information content (AvgIpc) is 2.67. The standard InChI is InChI=1S/C20H32N2O5S2/c1-20(2,22-10-13-27-14-11-22)19(23)17-5-7-18(8-6-17)28-15-12-21(3)9-4-16-29(24,25)26/h5-8H,4,9-16H2,1-3H3,(H,24,25,26). The monoisotopic (exact) mass is 444 g/mol. The van der Waals surface area contributed by atoms with Crippen molar-refractivity contribution in [3.05, 3.63) is 29.8 Å². The number of carbonyl (C=O) groups is 1. The normalized spacial score (nSPS) is 16.3. The third kappa shape index (κ3) is 7.99. The van der Waals surface area contributed by atoms with Crippen molar-refractivity contribution < 1.29 is 22.5 Å². The van der Waals surface area contributed by atoms with E-state index in [4.69, 9.17) is 9.29 Å². The predicted molar refractivity (Wildman–Crippen MR) is 116 cm³/mol. The maximum absolute atomic E-state index is 13.0. The van der Waals surface area contributed by atoms with Crippen LogP contribution in [0, 0.1) is 0 Å². The Morgan fingerprint density at radius 2 is 1.83 bits per heavy atom. The number of hydrogen-bond acceptors (Lipinski definition) is 7. The topological polar surface area (TPSA) is 87.2 Å². The van der Waals surface area contributed by atoms with E-state index in [2.05, 4.69) is 4.90 Å². The van der Waals surface area contributed by atoms with Gasteiger partial charge in [0, 0.05) is 35.8 Å². The molecule has 7 nitrogen and oxygen atoms in total. The molecule has 164 valence electrons. The first-order chi connectivity index (χ1) is 13.6. The van der Waals surface area contributed by atoms with Crippen molar-refractivity contribution >= 4 is 27.7 Å². The van der Waals surface area contributed by atoms with Gasteiger partial charge in [-0.05, 0) is 46.0 Å². The lowest BCUT2D eigenvalue weighted by molar-refractivity contribution is -0.00430. The van der Waals surface area contributed by atoms with Crippen LogP contribution in [0.2, 0.25) is 0 Å². The Balaban J connectivity index is 1.80. The third-order valence-electron chi connectivity index (χ3n) is 5.16. The Labute approximate surface area is 178 Å². The van der Waals surface area contributed by atoms with Crippen molar-refractivity contribution in [3.8, 4) is 0 Å². The van der Waals surface area contributed by atoms with Crippen LogP contribution in [0.25, 0.3) is 0 Å². The quantitative estimate of drug-likeness (QED) is 0.316. The molecule has 9 heteroatoms. The second-order valence-electron chi connectivity index (χ2n) is 7.80.